The monoisotopic (exact) mass is 323 g/mol. The number of rotatable bonds is 5. The molecule has 0 fully saturated rings. The van der Waals surface area contributed by atoms with Crippen molar-refractivity contribution < 1.29 is 9.13 Å². The van der Waals surface area contributed by atoms with Crippen LogP contribution in [0.2, 0.25) is 0 Å². The largest absolute Gasteiger partial charge is 0.383 e. The molecule has 1 N–H and O–H groups in total. The summed E-state index contributed by atoms with van der Waals surface area (Å²) in [6.45, 7) is 3.50. The fourth-order valence-electron chi connectivity index (χ4n) is 1.46. The zero-order chi connectivity index (χ0) is 11.3. The van der Waals surface area contributed by atoms with E-state index in [4.69, 9.17) is 4.74 Å². The molecular weight excluding hydrogens is 308 g/mol. The molecule has 0 aliphatic carbocycles. The van der Waals surface area contributed by atoms with Crippen LogP contribution in [0.5, 0.6) is 0 Å². The van der Waals surface area contributed by atoms with Gasteiger partial charge >= 0.3 is 0 Å². The number of methoxy groups -OCH3 is 1. The summed E-state index contributed by atoms with van der Waals surface area (Å²) in [4.78, 5) is 0. The first-order valence-corrected chi connectivity index (χ1v) is 5.94. The Bertz CT molecular complexity index is 313. The van der Waals surface area contributed by atoms with Crippen molar-refractivity contribution in [1.82, 2.24) is 5.32 Å². The summed E-state index contributed by atoms with van der Waals surface area (Å²) >= 11 is 2.15. The molecule has 0 saturated carbocycles. The third kappa shape index (κ3) is 3.70. The minimum atomic E-state index is -0.198. The minimum absolute atomic E-state index is 0.132. The van der Waals surface area contributed by atoms with Gasteiger partial charge in [-0.1, -0.05) is 13.0 Å². The number of likely N-dealkylation sites (N-methyl/N-ethyl adjacent to an activating group) is 1. The van der Waals surface area contributed by atoms with E-state index in [1.807, 2.05) is 13.0 Å². The number of benzene rings is 1. The number of halogens is 2. The Kier molecular flexibility index (Phi) is 5.49. The maximum Gasteiger partial charge on any atom is 0.124 e. The Morgan fingerprint density at radius 3 is 2.80 bits per heavy atom. The van der Waals surface area contributed by atoms with Crippen LogP contribution in [0.25, 0.3) is 0 Å². The average Bonchev–Trinajstić information content (AvgIpc) is 2.17. The van der Waals surface area contributed by atoms with Crippen LogP contribution in [0.15, 0.2) is 18.2 Å². The molecule has 1 rings (SSSR count). The van der Waals surface area contributed by atoms with Gasteiger partial charge in [-0.3, -0.25) is 0 Å². The van der Waals surface area contributed by atoms with Gasteiger partial charge in [0.2, 0.25) is 0 Å². The molecule has 1 aromatic rings. The van der Waals surface area contributed by atoms with Crippen molar-refractivity contribution in [3.63, 3.8) is 0 Å². The van der Waals surface area contributed by atoms with E-state index in [0.717, 1.165) is 15.7 Å². The number of nitrogens with one attached hydrogen (secondary N) is 1. The van der Waals surface area contributed by atoms with Crippen LogP contribution < -0.4 is 5.32 Å². The smallest absolute Gasteiger partial charge is 0.124 e. The summed E-state index contributed by atoms with van der Waals surface area (Å²) in [7, 11) is 1.67. The fraction of sp³-hybridized carbons (Fsp3) is 0.455. The molecule has 0 bridgehead atoms. The van der Waals surface area contributed by atoms with Crippen molar-refractivity contribution in [3.05, 3.63) is 33.1 Å². The highest BCUT2D eigenvalue weighted by molar-refractivity contribution is 14.1. The van der Waals surface area contributed by atoms with Crippen LogP contribution >= 0.6 is 22.6 Å². The second-order valence-corrected chi connectivity index (χ2v) is 4.39. The van der Waals surface area contributed by atoms with Crippen molar-refractivity contribution in [2.24, 2.45) is 0 Å². The molecule has 0 spiro atoms. The first-order chi connectivity index (χ1) is 7.19. The summed E-state index contributed by atoms with van der Waals surface area (Å²) < 4.78 is 19.0. The first kappa shape index (κ1) is 12.9. The highest BCUT2D eigenvalue weighted by Crippen LogP contribution is 2.21. The topological polar surface area (TPSA) is 21.3 Å². The van der Waals surface area contributed by atoms with Crippen molar-refractivity contribution in [1.29, 1.82) is 0 Å². The molecule has 0 amide bonds. The highest BCUT2D eigenvalue weighted by Gasteiger charge is 2.13. The average molecular weight is 323 g/mol. The van der Waals surface area contributed by atoms with Crippen molar-refractivity contribution in [2.75, 3.05) is 20.3 Å². The molecule has 0 heterocycles. The van der Waals surface area contributed by atoms with E-state index in [1.165, 1.54) is 12.1 Å². The second kappa shape index (κ2) is 6.40. The van der Waals surface area contributed by atoms with Crippen molar-refractivity contribution in [2.45, 2.75) is 13.0 Å². The van der Waals surface area contributed by atoms with Crippen LogP contribution in [0.4, 0.5) is 4.39 Å². The lowest BCUT2D eigenvalue weighted by Gasteiger charge is -2.18. The molecular formula is C11H15FINO. The van der Waals surface area contributed by atoms with E-state index in [2.05, 4.69) is 27.9 Å². The third-order valence-electron chi connectivity index (χ3n) is 2.12. The van der Waals surface area contributed by atoms with E-state index < -0.39 is 0 Å². The Hall–Kier alpha value is -0.200. The molecule has 0 aliphatic rings. The molecule has 4 heteroatoms. The fourth-order valence-corrected chi connectivity index (χ4v) is 2.31. The highest BCUT2D eigenvalue weighted by atomic mass is 127. The molecule has 0 radical (unpaired) electrons. The molecule has 15 heavy (non-hydrogen) atoms. The Morgan fingerprint density at radius 2 is 2.27 bits per heavy atom. The van der Waals surface area contributed by atoms with Gasteiger partial charge in [-0.15, -0.1) is 0 Å². The zero-order valence-electron chi connectivity index (χ0n) is 8.89. The maximum absolute atomic E-state index is 12.9. The Morgan fingerprint density at radius 1 is 1.53 bits per heavy atom. The van der Waals surface area contributed by atoms with E-state index >= 15 is 0 Å². The van der Waals surface area contributed by atoms with E-state index in [0.29, 0.717) is 6.61 Å². The molecule has 1 unspecified atom stereocenters. The molecule has 1 atom stereocenters. The summed E-state index contributed by atoms with van der Waals surface area (Å²) in [6.07, 6.45) is 0. The van der Waals surface area contributed by atoms with Crippen molar-refractivity contribution in [3.8, 4) is 0 Å². The molecule has 2 nitrogen and oxygen atoms in total. The normalized spacial score (nSPS) is 12.8. The lowest BCUT2D eigenvalue weighted by molar-refractivity contribution is 0.167. The predicted molar refractivity (Wildman–Crippen MR) is 67.4 cm³/mol. The number of ether oxygens (including phenoxy) is 1. The molecule has 1 aromatic carbocycles. The summed E-state index contributed by atoms with van der Waals surface area (Å²) in [5, 5.41) is 3.31. The third-order valence-corrected chi connectivity index (χ3v) is 3.06. The maximum atomic E-state index is 12.9. The van der Waals surface area contributed by atoms with E-state index in [9.17, 15) is 4.39 Å². The molecule has 0 aliphatic heterocycles. The number of hydrogen-bond donors (Lipinski definition) is 1. The van der Waals surface area contributed by atoms with Crippen LogP contribution in [-0.2, 0) is 4.74 Å². The van der Waals surface area contributed by atoms with Gasteiger partial charge in [0, 0.05) is 10.7 Å². The summed E-state index contributed by atoms with van der Waals surface area (Å²) in [6, 6.07) is 4.96. The van der Waals surface area contributed by atoms with E-state index in [1.54, 1.807) is 7.11 Å². The standard InChI is InChI=1S/C11H15FINO/c1-3-14-11(7-15-2)9-5-4-8(12)6-10(9)13/h4-6,11,14H,3,7H2,1-2H3. The summed E-state index contributed by atoms with van der Waals surface area (Å²) in [5.41, 5.74) is 1.08. The summed E-state index contributed by atoms with van der Waals surface area (Å²) in [5.74, 6) is -0.198. The SMILES string of the molecule is CCNC(COC)c1ccc(F)cc1I. The van der Waals surface area contributed by atoms with Gasteiger partial charge in [0.25, 0.3) is 0 Å². The van der Waals surface area contributed by atoms with Gasteiger partial charge < -0.3 is 10.1 Å². The van der Waals surface area contributed by atoms with Gasteiger partial charge in [0.1, 0.15) is 5.82 Å². The van der Waals surface area contributed by atoms with Gasteiger partial charge in [-0.05, 0) is 46.8 Å². The lowest BCUT2D eigenvalue weighted by atomic mass is 10.1. The van der Waals surface area contributed by atoms with Crippen LogP contribution in [0, 0.1) is 9.39 Å². The van der Waals surface area contributed by atoms with Gasteiger partial charge in [0.05, 0.1) is 12.6 Å². The van der Waals surface area contributed by atoms with Crippen LogP contribution in [0.3, 0.4) is 0 Å². The predicted octanol–water partition coefficient (Wildman–Crippen LogP) is 2.73. The van der Waals surface area contributed by atoms with Crippen LogP contribution in [-0.4, -0.2) is 20.3 Å². The quantitative estimate of drug-likeness (QED) is 0.842. The first-order valence-electron chi connectivity index (χ1n) is 4.86. The van der Waals surface area contributed by atoms with E-state index in [-0.39, 0.29) is 11.9 Å². The van der Waals surface area contributed by atoms with Crippen LogP contribution in [0.1, 0.15) is 18.5 Å². The van der Waals surface area contributed by atoms with Gasteiger partial charge in [0.15, 0.2) is 0 Å². The van der Waals surface area contributed by atoms with Crippen molar-refractivity contribution >= 4 is 22.6 Å². The Labute approximate surface area is 103 Å². The molecule has 0 aromatic heterocycles. The van der Waals surface area contributed by atoms with Gasteiger partial charge in [-0.25, -0.2) is 4.39 Å². The lowest BCUT2D eigenvalue weighted by Crippen LogP contribution is -2.25. The second-order valence-electron chi connectivity index (χ2n) is 3.23. The van der Waals surface area contributed by atoms with Gasteiger partial charge in [-0.2, -0.15) is 0 Å². The minimum Gasteiger partial charge on any atom is -0.383 e. The Balaban J connectivity index is 2.89. The molecule has 84 valence electrons. The zero-order valence-corrected chi connectivity index (χ0v) is 11.0. The number of hydrogen-bond acceptors (Lipinski definition) is 2. The molecule has 0 saturated heterocycles.